The van der Waals surface area contributed by atoms with Gasteiger partial charge >= 0.3 is 0 Å². The molecule has 0 spiro atoms. The van der Waals surface area contributed by atoms with E-state index in [2.05, 4.69) is 127 Å². The summed E-state index contributed by atoms with van der Waals surface area (Å²) in [7, 11) is -1.82. The second-order valence-electron chi connectivity index (χ2n) is 9.81. The Bertz CT molecular complexity index is 1560. The summed E-state index contributed by atoms with van der Waals surface area (Å²) in [6.45, 7) is 5.30. The standard InChI is InChI=1S/C30H24BNSi/c1-33(2)28-17-9-8-15-24(28)31-25-19-21-11-6-7-12-22(21)20-27(25)32(23-13-4-3-5-14-23)26-16-10-18-29(33)30(26)31/h3-20H,1-2H3. The van der Waals surface area contributed by atoms with Gasteiger partial charge in [-0.25, -0.2) is 0 Å². The molecule has 33 heavy (non-hydrogen) atoms. The van der Waals surface area contributed by atoms with E-state index in [1.807, 2.05) is 0 Å². The van der Waals surface area contributed by atoms with Gasteiger partial charge in [0.1, 0.15) is 8.07 Å². The van der Waals surface area contributed by atoms with Gasteiger partial charge in [-0.15, -0.1) is 0 Å². The minimum Gasteiger partial charge on any atom is -0.312 e. The molecular weight excluding hydrogens is 413 g/mol. The molecule has 0 radical (unpaired) electrons. The molecule has 156 valence electrons. The second-order valence-corrected chi connectivity index (χ2v) is 14.1. The van der Waals surface area contributed by atoms with E-state index in [1.54, 1.807) is 10.4 Å². The van der Waals surface area contributed by atoms with Crippen molar-refractivity contribution in [1.29, 1.82) is 0 Å². The SMILES string of the molecule is C[Si]1(C)c2ccccc2B2c3cc4ccccc4cc3N(c3ccccc3)c3cccc1c32. The smallest absolute Gasteiger partial charge is 0.246 e. The van der Waals surface area contributed by atoms with Crippen LogP contribution in [0.15, 0.2) is 109 Å². The third kappa shape index (κ3) is 2.54. The first-order valence-corrected chi connectivity index (χ1v) is 14.8. The van der Waals surface area contributed by atoms with Gasteiger partial charge in [-0.1, -0.05) is 114 Å². The average molecular weight is 437 g/mol. The predicted molar refractivity (Wildman–Crippen MR) is 146 cm³/mol. The van der Waals surface area contributed by atoms with E-state index in [1.165, 1.54) is 44.2 Å². The first-order valence-electron chi connectivity index (χ1n) is 11.8. The minimum atomic E-state index is -1.82. The Labute approximate surface area is 196 Å². The number of nitrogens with zero attached hydrogens (tertiary/aromatic N) is 1. The van der Waals surface area contributed by atoms with Crippen LogP contribution >= 0.6 is 0 Å². The summed E-state index contributed by atoms with van der Waals surface area (Å²) >= 11 is 0. The molecule has 2 aliphatic rings. The van der Waals surface area contributed by atoms with Gasteiger partial charge in [0.25, 0.3) is 0 Å². The van der Waals surface area contributed by atoms with Crippen molar-refractivity contribution in [1.82, 2.24) is 0 Å². The maximum Gasteiger partial charge on any atom is 0.246 e. The van der Waals surface area contributed by atoms with Crippen molar-refractivity contribution in [2.75, 3.05) is 4.90 Å². The van der Waals surface area contributed by atoms with E-state index in [4.69, 9.17) is 0 Å². The van der Waals surface area contributed by atoms with Crippen LogP contribution in [-0.2, 0) is 0 Å². The molecule has 0 saturated heterocycles. The van der Waals surface area contributed by atoms with Crippen molar-refractivity contribution >= 4 is 69.4 Å². The molecule has 0 unspecified atom stereocenters. The second kappa shape index (κ2) is 6.72. The van der Waals surface area contributed by atoms with Crippen molar-refractivity contribution in [2.24, 2.45) is 0 Å². The molecule has 7 rings (SSSR count). The van der Waals surface area contributed by atoms with Crippen molar-refractivity contribution in [2.45, 2.75) is 13.1 Å². The number of benzene rings is 5. The van der Waals surface area contributed by atoms with Crippen LogP contribution in [0.3, 0.4) is 0 Å². The van der Waals surface area contributed by atoms with Gasteiger partial charge in [-0.2, -0.15) is 0 Å². The Morgan fingerprint density at radius 3 is 2.06 bits per heavy atom. The van der Waals surface area contributed by atoms with E-state index in [9.17, 15) is 0 Å². The highest BCUT2D eigenvalue weighted by molar-refractivity contribution is 7.15. The van der Waals surface area contributed by atoms with Crippen LogP contribution in [0.4, 0.5) is 17.1 Å². The molecule has 5 aromatic carbocycles. The summed E-state index contributed by atoms with van der Waals surface area (Å²) in [4.78, 5) is 2.50. The molecule has 0 saturated carbocycles. The lowest BCUT2D eigenvalue weighted by Gasteiger charge is -2.44. The number of fused-ring (bicyclic) bond motifs is 5. The molecule has 0 amide bonds. The maximum absolute atomic E-state index is 2.51. The van der Waals surface area contributed by atoms with Gasteiger partial charge in [-0.3, -0.25) is 0 Å². The van der Waals surface area contributed by atoms with E-state index in [-0.39, 0.29) is 6.71 Å². The quantitative estimate of drug-likeness (QED) is 0.347. The van der Waals surface area contributed by atoms with Crippen LogP contribution in [0.5, 0.6) is 0 Å². The van der Waals surface area contributed by atoms with Gasteiger partial charge in [0.2, 0.25) is 6.71 Å². The summed E-state index contributed by atoms with van der Waals surface area (Å²) in [5.41, 5.74) is 8.28. The fourth-order valence-electron chi connectivity index (χ4n) is 6.19. The van der Waals surface area contributed by atoms with Gasteiger partial charge < -0.3 is 4.90 Å². The highest BCUT2D eigenvalue weighted by Crippen LogP contribution is 2.37. The normalized spacial score (nSPS) is 15.1. The van der Waals surface area contributed by atoms with Crippen LogP contribution in [0, 0.1) is 0 Å². The zero-order valence-electron chi connectivity index (χ0n) is 18.9. The summed E-state index contributed by atoms with van der Waals surface area (Å²) < 4.78 is 0. The van der Waals surface area contributed by atoms with Crippen LogP contribution < -0.4 is 31.7 Å². The molecular formula is C30H24BNSi. The lowest BCUT2D eigenvalue weighted by molar-refractivity contribution is 1.30. The molecule has 0 aromatic heterocycles. The summed E-state index contributed by atoms with van der Waals surface area (Å²) in [5.74, 6) is 0. The highest BCUT2D eigenvalue weighted by Gasteiger charge is 2.46. The van der Waals surface area contributed by atoms with Crippen molar-refractivity contribution in [3.05, 3.63) is 109 Å². The molecule has 0 N–H and O–H groups in total. The van der Waals surface area contributed by atoms with Gasteiger partial charge in [0.05, 0.1) is 0 Å². The third-order valence-corrected chi connectivity index (χ3v) is 11.3. The Morgan fingerprint density at radius 1 is 0.576 bits per heavy atom. The molecule has 3 heteroatoms. The van der Waals surface area contributed by atoms with Crippen LogP contribution in [0.25, 0.3) is 10.8 Å². The fourth-order valence-corrected chi connectivity index (χ4v) is 9.40. The van der Waals surface area contributed by atoms with Crippen molar-refractivity contribution in [3.63, 3.8) is 0 Å². The number of hydrogen-bond acceptors (Lipinski definition) is 1. The molecule has 0 aliphatic carbocycles. The minimum absolute atomic E-state index is 0.271. The number of rotatable bonds is 1. The first-order chi connectivity index (χ1) is 16.1. The van der Waals surface area contributed by atoms with E-state index in [0.717, 1.165) is 0 Å². The maximum atomic E-state index is 2.51. The largest absolute Gasteiger partial charge is 0.312 e. The zero-order chi connectivity index (χ0) is 22.2. The Morgan fingerprint density at radius 2 is 1.24 bits per heavy atom. The molecule has 1 nitrogen and oxygen atoms in total. The molecule has 2 heterocycles. The third-order valence-electron chi connectivity index (χ3n) is 7.69. The van der Waals surface area contributed by atoms with Crippen LogP contribution in [-0.4, -0.2) is 14.8 Å². The number of para-hydroxylation sites is 1. The lowest BCUT2D eigenvalue weighted by atomic mass is 9.34. The van der Waals surface area contributed by atoms with Crippen LogP contribution in [0.1, 0.15) is 0 Å². The summed E-state index contributed by atoms with van der Waals surface area (Å²) in [5, 5.41) is 5.75. The average Bonchev–Trinajstić information content (AvgIpc) is 2.86. The van der Waals surface area contributed by atoms with Gasteiger partial charge in [0.15, 0.2) is 0 Å². The van der Waals surface area contributed by atoms with Crippen LogP contribution in [0.2, 0.25) is 13.1 Å². The number of hydrogen-bond donors (Lipinski definition) is 0. The Hall–Kier alpha value is -3.56. The fraction of sp³-hybridized carbons (Fsp3) is 0.0667. The molecule has 0 bridgehead atoms. The Balaban J connectivity index is 1.64. The number of anilines is 3. The first kappa shape index (κ1) is 19.0. The van der Waals surface area contributed by atoms with Crippen molar-refractivity contribution in [3.8, 4) is 0 Å². The Kier molecular flexibility index (Phi) is 3.86. The van der Waals surface area contributed by atoms with Gasteiger partial charge in [0, 0.05) is 17.1 Å². The van der Waals surface area contributed by atoms with E-state index < -0.39 is 8.07 Å². The summed E-state index contributed by atoms with van der Waals surface area (Å²) in [6, 6.07) is 40.7. The molecule has 0 fully saturated rings. The summed E-state index contributed by atoms with van der Waals surface area (Å²) in [6.07, 6.45) is 0. The topological polar surface area (TPSA) is 3.24 Å². The molecule has 5 aromatic rings. The highest BCUT2D eigenvalue weighted by atomic mass is 28.3. The lowest BCUT2D eigenvalue weighted by Crippen LogP contribution is -2.78. The molecule has 0 atom stereocenters. The molecule has 2 aliphatic heterocycles. The van der Waals surface area contributed by atoms with E-state index >= 15 is 0 Å². The van der Waals surface area contributed by atoms with Crippen molar-refractivity contribution < 1.29 is 0 Å². The van der Waals surface area contributed by atoms with E-state index in [0.29, 0.717) is 0 Å². The predicted octanol–water partition coefficient (Wildman–Crippen LogP) is 4.28. The van der Waals surface area contributed by atoms with Gasteiger partial charge in [-0.05, 0) is 46.0 Å². The zero-order valence-corrected chi connectivity index (χ0v) is 19.9. The monoisotopic (exact) mass is 437 g/mol.